The molecule has 1 aliphatic heterocycles. The van der Waals surface area contributed by atoms with Gasteiger partial charge in [-0.2, -0.15) is 8.42 Å². The molecule has 1 N–H and O–H groups in total. The van der Waals surface area contributed by atoms with E-state index < -0.39 is 48.3 Å². The lowest BCUT2D eigenvalue weighted by molar-refractivity contribution is -0.0391. The highest BCUT2D eigenvalue weighted by atomic mass is 32.2. The van der Waals surface area contributed by atoms with Crippen LogP contribution in [0.2, 0.25) is 18.1 Å². The lowest BCUT2D eigenvalue weighted by Crippen LogP contribution is -2.44. The van der Waals surface area contributed by atoms with E-state index in [2.05, 4.69) is 43.8 Å². The van der Waals surface area contributed by atoms with Crippen LogP contribution >= 0.6 is 0 Å². The van der Waals surface area contributed by atoms with Crippen molar-refractivity contribution < 1.29 is 26.5 Å². The number of ether oxygens (including phenoxy) is 2. The predicted molar refractivity (Wildman–Crippen MR) is 125 cm³/mol. The molecule has 12 nitrogen and oxygen atoms in total. The SMILES string of the molecule is COCc1cn([C@H]2C[C@H](OS(=O)(=O)n3ccnc3)[C@@H](CO[Si](C)(C)C(C)(C)C)O2)c(=O)[nH]c1=O. The Morgan fingerprint density at radius 2 is 2.00 bits per heavy atom. The number of rotatable bonds is 9. The fourth-order valence-electron chi connectivity index (χ4n) is 3.21. The van der Waals surface area contributed by atoms with Crippen LogP contribution in [0, 0.1) is 0 Å². The summed E-state index contributed by atoms with van der Waals surface area (Å²) in [6, 6.07) is 0. The highest BCUT2D eigenvalue weighted by molar-refractivity contribution is 7.85. The zero-order chi connectivity index (χ0) is 25.3. The zero-order valence-electron chi connectivity index (χ0n) is 20.2. The number of hydrogen-bond acceptors (Lipinski definition) is 9. The summed E-state index contributed by atoms with van der Waals surface area (Å²) < 4.78 is 50.4. The van der Waals surface area contributed by atoms with E-state index in [9.17, 15) is 18.0 Å². The number of imidazole rings is 1. The molecule has 1 fully saturated rings. The van der Waals surface area contributed by atoms with Crippen LogP contribution in [0.3, 0.4) is 0 Å². The van der Waals surface area contributed by atoms with Crippen molar-refractivity contribution >= 4 is 18.6 Å². The third-order valence-electron chi connectivity index (χ3n) is 6.23. The van der Waals surface area contributed by atoms with Gasteiger partial charge in [0, 0.05) is 32.1 Å². The van der Waals surface area contributed by atoms with Gasteiger partial charge < -0.3 is 13.9 Å². The van der Waals surface area contributed by atoms with Crippen LogP contribution in [0.4, 0.5) is 0 Å². The van der Waals surface area contributed by atoms with E-state index in [0.717, 1.165) is 10.3 Å². The highest BCUT2D eigenvalue weighted by Gasteiger charge is 2.44. The first-order valence-electron chi connectivity index (χ1n) is 10.8. The molecule has 0 unspecified atom stereocenters. The molecular formula is C20H32N4O8SSi. The molecule has 3 atom stereocenters. The van der Waals surface area contributed by atoms with Gasteiger partial charge in [-0.3, -0.25) is 14.3 Å². The van der Waals surface area contributed by atoms with Gasteiger partial charge in [-0.1, -0.05) is 20.8 Å². The Kier molecular flexibility index (Phi) is 7.69. The van der Waals surface area contributed by atoms with E-state index in [0.29, 0.717) is 0 Å². The molecule has 1 saturated heterocycles. The second-order valence-corrected chi connectivity index (χ2v) is 16.0. The van der Waals surface area contributed by atoms with Gasteiger partial charge in [0.25, 0.3) is 5.56 Å². The molecule has 0 saturated carbocycles. The van der Waals surface area contributed by atoms with Crippen molar-refractivity contribution in [1.82, 2.24) is 18.5 Å². The second kappa shape index (κ2) is 9.87. The summed E-state index contributed by atoms with van der Waals surface area (Å²) >= 11 is 0. The minimum atomic E-state index is -4.19. The van der Waals surface area contributed by atoms with Crippen molar-refractivity contribution in [3.63, 3.8) is 0 Å². The normalized spacial score (nSPS) is 21.8. The van der Waals surface area contributed by atoms with E-state index >= 15 is 0 Å². The number of nitrogens with zero attached hydrogens (tertiary/aromatic N) is 3. The molecule has 0 aliphatic carbocycles. The average Bonchev–Trinajstić information content (AvgIpc) is 3.38. The molecule has 0 bridgehead atoms. The van der Waals surface area contributed by atoms with Gasteiger partial charge in [0.1, 0.15) is 24.8 Å². The van der Waals surface area contributed by atoms with Crippen LogP contribution in [0.1, 0.15) is 39.0 Å². The monoisotopic (exact) mass is 516 g/mol. The van der Waals surface area contributed by atoms with E-state index in [1.807, 2.05) is 0 Å². The Bertz CT molecular complexity index is 1200. The molecule has 0 aromatic carbocycles. The van der Waals surface area contributed by atoms with Crippen molar-refractivity contribution in [3.8, 4) is 0 Å². The van der Waals surface area contributed by atoms with E-state index in [1.165, 1.54) is 30.3 Å². The molecule has 3 rings (SSSR count). The third kappa shape index (κ3) is 5.75. The molecule has 0 spiro atoms. The van der Waals surface area contributed by atoms with Crippen LogP contribution in [-0.4, -0.2) is 61.2 Å². The smallest absolute Gasteiger partial charge is 0.367 e. The first-order valence-corrected chi connectivity index (χ1v) is 15.1. The standard InChI is InChI=1S/C20H32N4O8SSi/c1-20(2,3)34(5,6)30-12-16-15(32-33(27,28)23-8-7-21-13-23)9-17(31-16)24-10-14(11-29-4)18(25)22-19(24)26/h7-8,10,13,15-17H,9,11-12H2,1-6H3,(H,22,25,26)/t15-,16+,17+/m0/s1. The predicted octanol–water partition coefficient (Wildman–Crippen LogP) is 1.37. The second-order valence-electron chi connectivity index (χ2n) is 9.68. The van der Waals surface area contributed by atoms with Crippen LogP contribution < -0.4 is 11.2 Å². The molecule has 2 aromatic heterocycles. The largest absolute Gasteiger partial charge is 0.414 e. The molecular weight excluding hydrogens is 484 g/mol. The molecule has 0 radical (unpaired) electrons. The number of aromatic nitrogens is 4. The fourth-order valence-corrected chi connectivity index (χ4v) is 5.22. The van der Waals surface area contributed by atoms with Crippen molar-refractivity contribution in [3.05, 3.63) is 51.3 Å². The summed E-state index contributed by atoms with van der Waals surface area (Å²) in [5, 5.41) is -0.0743. The molecule has 14 heteroatoms. The quantitative estimate of drug-likeness (QED) is 0.489. The minimum Gasteiger partial charge on any atom is -0.414 e. The fraction of sp³-hybridized carbons (Fsp3) is 0.650. The van der Waals surface area contributed by atoms with E-state index in [-0.39, 0.29) is 30.2 Å². The van der Waals surface area contributed by atoms with Gasteiger partial charge in [-0.05, 0) is 18.1 Å². The van der Waals surface area contributed by atoms with Crippen LogP contribution in [-0.2, 0) is 35.0 Å². The summed E-state index contributed by atoms with van der Waals surface area (Å²) in [7, 11) is -4.95. The first-order chi connectivity index (χ1) is 15.7. The van der Waals surface area contributed by atoms with E-state index in [1.54, 1.807) is 0 Å². The van der Waals surface area contributed by atoms with E-state index in [4.69, 9.17) is 18.1 Å². The van der Waals surface area contributed by atoms with Crippen LogP contribution in [0.15, 0.2) is 34.5 Å². The maximum atomic E-state index is 12.7. The molecule has 1 aliphatic rings. The van der Waals surface area contributed by atoms with Crippen molar-refractivity contribution in [2.45, 2.75) is 70.4 Å². The Hall–Kier alpha value is -2.10. The number of aromatic amines is 1. The van der Waals surface area contributed by atoms with Crippen molar-refractivity contribution in [2.75, 3.05) is 13.7 Å². The third-order valence-corrected chi connectivity index (χ3v) is 12.0. The number of H-pyrrole nitrogens is 1. The lowest BCUT2D eigenvalue weighted by Gasteiger charge is -2.37. The molecule has 190 valence electrons. The van der Waals surface area contributed by atoms with Gasteiger partial charge in [0.2, 0.25) is 0 Å². The Balaban J connectivity index is 1.90. The summed E-state index contributed by atoms with van der Waals surface area (Å²) in [5.41, 5.74) is -1.01. The van der Waals surface area contributed by atoms with Crippen molar-refractivity contribution in [1.29, 1.82) is 0 Å². The van der Waals surface area contributed by atoms with Crippen molar-refractivity contribution in [2.24, 2.45) is 0 Å². The lowest BCUT2D eigenvalue weighted by atomic mass is 10.2. The Labute approximate surface area is 199 Å². The summed E-state index contributed by atoms with van der Waals surface area (Å²) in [5.74, 6) is 0. The van der Waals surface area contributed by atoms with Crippen LogP contribution in [0.25, 0.3) is 0 Å². The highest BCUT2D eigenvalue weighted by Crippen LogP contribution is 2.38. The van der Waals surface area contributed by atoms with Gasteiger partial charge >= 0.3 is 16.0 Å². The minimum absolute atomic E-state index is 0.00478. The van der Waals surface area contributed by atoms with Gasteiger partial charge in [-0.15, -0.1) is 0 Å². The number of nitrogens with one attached hydrogen (secondary N) is 1. The molecule has 0 amide bonds. The maximum absolute atomic E-state index is 12.7. The number of hydrogen-bond donors (Lipinski definition) is 1. The molecule has 2 aromatic rings. The molecule has 34 heavy (non-hydrogen) atoms. The zero-order valence-corrected chi connectivity index (χ0v) is 22.0. The van der Waals surface area contributed by atoms with Gasteiger partial charge in [0.05, 0.1) is 18.8 Å². The first kappa shape index (κ1) is 26.5. The molecule has 3 heterocycles. The Morgan fingerprint density at radius 1 is 1.29 bits per heavy atom. The topological polar surface area (TPSA) is 144 Å². The van der Waals surface area contributed by atoms with Gasteiger partial charge in [-0.25, -0.2) is 17.9 Å². The Morgan fingerprint density at radius 3 is 2.59 bits per heavy atom. The average molecular weight is 517 g/mol. The number of methoxy groups -OCH3 is 1. The summed E-state index contributed by atoms with van der Waals surface area (Å²) in [6.07, 6.45) is 2.50. The van der Waals surface area contributed by atoms with Crippen LogP contribution in [0.5, 0.6) is 0 Å². The maximum Gasteiger partial charge on any atom is 0.367 e. The summed E-state index contributed by atoms with van der Waals surface area (Å²) in [6.45, 7) is 10.5. The summed E-state index contributed by atoms with van der Waals surface area (Å²) in [4.78, 5) is 30.5. The van der Waals surface area contributed by atoms with Gasteiger partial charge in [0.15, 0.2) is 8.32 Å².